The predicted molar refractivity (Wildman–Crippen MR) is 118 cm³/mol. The fourth-order valence-electron chi connectivity index (χ4n) is 4.14. The molecule has 32 heavy (non-hydrogen) atoms. The summed E-state index contributed by atoms with van der Waals surface area (Å²) in [5.74, 6) is -1.19. The second-order valence-electron chi connectivity index (χ2n) is 7.65. The zero-order valence-corrected chi connectivity index (χ0v) is 17.4. The van der Waals surface area contributed by atoms with Gasteiger partial charge in [0.1, 0.15) is 11.4 Å². The quantitative estimate of drug-likeness (QED) is 0.483. The van der Waals surface area contributed by atoms with Crippen LogP contribution in [0.1, 0.15) is 39.4 Å². The molecule has 5 nitrogen and oxygen atoms in total. The fourth-order valence-corrected chi connectivity index (χ4v) is 4.27. The Hall–Kier alpha value is -3.48. The summed E-state index contributed by atoms with van der Waals surface area (Å²) in [5.41, 5.74) is 1.03. The van der Waals surface area contributed by atoms with Crippen molar-refractivity contribution in [1.82, 2.24) is 4.90 Å². The highest BCUT2D eigenvalue weighted by Gasteiger charge is 2.43. The van der Waals surface area contributed by atoms with E-state index in [1.54, 1.807) is 48.5 Å². The Morgan fingerprint density at radius 3 is 2.47 bits per heavy atom. The lowest BCUT2D eigenvalue weighted by Crippen LogP contribution is -2.33. The highest BCUT2D eigenvalue weighted by atomic mass is 35.5. The van der Waals surface area contributed by atoms with Crippen molar-refractivity contribution in [2.24, 2.45) is 0 Å². The fraction of sp³-hybridized carbons (Fsp3) is 0.120. The van der Waals surface area contributed by atoms with Gasteiger partial charge in [-0.05, 0) is 41.5 Å². The number of carbonyl (C=O) groups excluding carboxylic acids is 1. The summed E-state index contributed by atoms with van der Waals surface area (Å²) < 4.78 is 19.6. The van der Waals surface area contributed by atoms with Gasteiger partial charge in [0.2, 0.25) is 5.76 Å². The van der Waals surface area contributed by atoms with E-state index < -0.39 is 29.3 Å². The summed E-state index contributed by atoms with van der Waals surface area (Å²) in [4.78, 5) is 28.1. The van der Waals surface area contributed by atoms with Gasteiger partial charge in [0.15, 0.2) is 5.43 Å². The molecule has 1 aliphatic heterocycles. The highest BCUT2D eigenvalue weighted by molar-refractivity contribution is 6.30. The molecule has 0 spiro atoms. The SMILES string of the molecule is O=C1c2oc3ccc(F)cc3c(=O)c2C(c2ccc(Cl)cc2)N1CC(O)c1ccccc1. The molecule has 0 fully saturated rings. The van der Waals surface area contributed by atoms with Gasteiger partial charge in [-0.25, -0.2) is 4.39 Å². The molecule has 0 radical (unpaired) electrons. The Bertz CT molecular complexity index is 1390. The van der Waals surface area contributed by atoms with Gasteiger partial charge in [-0.3, -0.25) is 9.59 Å². The van der Waals surface area contributed by atoms with Crippen molar-refractivity contribution in [2.75, 3.05) is 6.54 Å². The molecule has 0 saturated heterocycles. The zero-order chi connectivity index (χ0) is 22.4. The van der Waals surface area contributed by atoms with Crippen molar-refractivity contribution in [3.05, 3.63) is 116 Å². The van der Waals surface area contributed by atoms with E-state index in [9.17, 15) is 19.1 Å². The first-order chi connectivity index (χ1) is 15.4. The zero-order valence-electron chi connectivity index (χ0n) is 16.7. The molecule has 1 amide bonds. The minimum Gasteiger partial charge on any atom is -0.450 e. The molecule has 2 unspecified atom stereocenters. The maximum atomic E-state index is 13.8. The van der Waals surface area contributed by atoms with Crippen molar-refractivity contribution in [1.29, 1.82) is 0 Å². The Labute approximate surface area is 187 Å². The van der Waals surface area contributed by atoms with Crippen molar-refractivity contribution < 1.29 is 18.7 Å². The second-order valence-corrected chi connectivity index (χ2v) is 8.09. The molecule has 0 aliphatic carbocycles. The number of amides is 1. The second kappa shape index (κ2) is 7.89. The molecule has 1 aliphatic rings. The molecule has 0 saturated carbocycles. The van der Waals surface area contributed by atoms with Gasteiger partial charge in [0.25, 0.3) is 5.91 Å². The lowest BCUT2D eigenvalue weighted by molar-refractivity contribution is 0.0583. The summed E-state index contributed by atoms with van der Waals surface area (Å²) >= 11 is 6.03. The van der Waals surface area contributed by atoms with Crippen LogP contribution in [0.15, 0.2) is 82.0 Å². The topological polar surface area (TPSA) is 70.8 Å². The number of nitrogens with zero attached hydrogens (tertiary/aromatic N) is 1. The van der Waals surface area contributed by atoms with Gasteiger partial charge in [0, 0.05) is 5.02 Å². The molecule has 5 rings (SSSR count). The first-order valence-electron chi connectivity index (χ1n) is 10.00. The molecule has 1 N–H and O–H groups in total. The number of β-amino-alcohol motifs (C(OH)–C–C–N with tert-alkyl or cyclic N) is 1. The standard InChI is InChI=1S/C25H17ClFNO4/c26-16-8-6-15(7-9-16)22-21-23(30)18-12-17(27)10-11-20(18)32-24(21)25(31)28(22)13-19(29)14-4-2-1-3-5-14/h1-12,19,22,29H,13H2. The smallest absolute Gasteiger partial charge is 0.291 e. The number of aliphatic hydroxyl groups is 1. The predicted octanol–water partition coefficient (Wildman–Crippen LogP) is 4.86. The highest BCUT2D eigenvalue weighted by Crippen LogP contribution is 2.39. The number of hydrogen-bond donors (Lipinski definition) is 1. The van der Waals surface area contributed by atoms with Crippen LogP contribution in [-0.4, -0.2) is 22.5 Å². The van der Waals surface area contributed by atoms with E-state index in [4.69, 9.17) is 16.0 Å². The van der Waals surface area contributed by atoms with Crippen molar-refractivity contribution in [2.45, 2.75) is 12.1 Å². The Morgan fingerprint density at radius 2 is 1.75 bits per heavy atom. The monoisotopic (exact) mass is 449 g/mol. The molecule has 7 heteroatoms. The number of hydrogen-bond acceptors (Lipinski definition) is 4. The molecule has 0 bridgehead atoms. The number of rotatable bonds is 4. The lowest BCUT2D eigenvalue weighted by Gasteiger charge is -2.27. The molecule has 2 atom stereocenters. The van der Waals surface area contributed by atoms with Crippen LogP contribution in [0, 0.1) is 5.82 Å². The van der Waals surface area contributed by atoms with Crippen LogP contribution < -0.4 is 5.43 Å². The van der Waals surface area contributed by atoms with Crippen molar-refractivity contribution in [3.8, 4) is 0 Å². The Balaban J connectivity index is 1.68. The Morgan fingerprint density at radius 1 is 1.03 bits per heavy atom. The van der Waals surface area contributed by atoms with E-state index in [2.05, 4.69) is 0 Å². The third kappa shape index (κ3) is 3.38. The summed E-state index contributed by atoms with van der Waals surface area (Å²) in [5, 5.41) is 11.4. The lowest BCUT2D eigenvalue weighted by atomic mass is 9.98. The van der Waals surface area contributed by atoms with Gasteiger partial charge < -0.3 is 14.4 Å². The van der Waals surface area contributed by atoms with Crippen LogP contribution in [0.2, 0.25) is 5.02 Å². The maximum absolute atomic E-state index is 13.8. The van der Waals surface area contributed by atoms with E-state index in [0.717, 1.165) is 6.07 Å². The van der Waals surface area contributed by atoms with Gasteiger partial charge in [-0.2, -0.15) is 0 Å². The van der Waals surface area contributed by atoms with E-state index in [1.165, 1.54) is 17.0 Å². The van der Waals surface area contributed by atoms with Gasteiger partial charge in [-0.15, -0.1) is 0 Å². The number of halogens is 2. The van der Waals surface area contributed by atoms with Crippen LogP contribution >= 0.6 is 11.6 Å². The third-order valence-corrected chi connectivity index (χ3v) is 5.92. The van der Waals surface area contributed by atoms with Crippen LogP contribution in [0.25, 0.3) is 11.0 Å². The largest absolute Gasteiger partial charge is 0.450 e. The number of fused-ring (bicyclic) bond motifs is 2. The normalized spacial score (nSPS) is 16.4. The number of carbonyl (C=O) groups is 1. The van der Waals surface area contributed by atoms with E-state index in [0.29, 0.717) is 16.1 Å². The summed E-state index contributed by atoms with van der Waals surface area (Å²) in [6, 6.07) is 18.5. The van der Waals surface area contributed by atoms with Gasteiger partial charge in [-0.1, -0.05) is 54.1 Å². The van der Waals surface area contributed by atoms with Gasteiger partial charge in [0.05, 0.1) is 29.6 Å². The molecule has 160 valence electrons. The average molecular weight is 450 g/mol. The molecular formula is C25H17ClFNO4. The summed E-state index contributed by atoms with van der Waals surface area (Å²) in [6.07, 6.45) is -0.980. The molecular weight excluding hydrogens is 433 g/mol. The first kappa shape index (κ1) is 20.4. The minimum atomic E-state index is -0.980. The molecule has 2 heterocycles. The molecule has 4 aromatic rings. The Kier molecular flexibility index (Phi) is 5.04. The number of benzene rings is 3. The van der Waals surface area contributed by atoms with Crippen LogP contribution in [0.4, 0.5) is 4.39 Å². The molecule has 3 aromatic carbocycles. The maximum Gasteiger partial charge on any atom is 0.291 e. The van der Waals surface area contributed by atoms with Crippen LogP contribution in [0.5, 0.6) is 0 Å². The number of aliphatic hydroxyl groups excluding tert-OH is 1. The van der Waals surface area contributed by atoms with E-state index in [1.807, 2.05) is 6.07 Å². The summed E-state index contributed by atoms with van der Waals surface area (Å²) in [6.45, 7) is -0.0650. The first-order valence-corrected chi connectivity index (χ1v) is 10.4. The third-order valence-electron chi connectivity index (χ3n) is 5.67. The van der Waals surface area contributed by atoms with Crippen molar-refractivity contribution in [3.63, 3.8) is 0 Å². The van der Waals surface area contributed by atoms with Crippen molar-refractivity contribution >= 4 is 28.5 Å². The van der Waals surface area contributed by atoms with E-state index >= 15 is 0 Å². The van der Waals surface area contributed by atoms with E-state index in [-0.39, 0.29) is 28.8 Å². The summed E-state index contributed by atoms with van der Waals surface area (Å²) in [7, 11) is 0. The minimum absolute atomic E-state index is 0.0565. The van der Waals surface area contributed by atoms with Crippen LogP contribution in [0.3, 0.4) is 0 Å². The van der Waals surface area contributed by atoms with Gasteiger partial charge >= 0.3 is 0 Å². The average Bonchev–Trinajstić information content (AvgIpc) is 3.07. The van der Waals surface area contributed by atoms with Crippen LogP contribution in [-0.2, 0) is 0 Å². The molecule has 1 aromatic heterocycles.